The van der Waals surface area contributed by atoms with Crippen LogP contribution in [0.1, 0.15) is 30.5 Å². The summed E-state index contributed by atoms with van der Waals surface area (Å²) in [7, 11) is 0. The molecule has 1 heterocycles. The summed E-state index contributed by atoms with van der Waals surface area (Å²) in [6.45, 7) is 3.87. The molecule has 1 aliphatic rings. The van der Waals surface area contributed by atoms with Gasteiger partial charge in [-0.15, -0.1) is 0 Å². The first kappa shape index (κ1) is 15.3. The Morgan fingerprint density at radius 1 is 1.33 bits per heavy atom. The molecule has 21 heavy (non-hydrogen) atoms. The van der Waals surface area contributed by atoms with Gasteiger partial charge < -0.3 is 20.4 Å². The number of carboxylic acid groups (broad SMARTS) is 1. The number of carbonyl (C=O) groups excluding carboxylic acids is 1. The number of aliphatic hydroxyl groups is 1. The first-order valence-electron chi connectivity index (χ1n) is 6.93. The molecule has 3 N–H and O–H groups in total. The zero-order chi connectivity index (χ0) is 15.6. The van der Waals surface area contributed by atoms with Crippen LogP contribution in [0.3, 0.4) is 0 Å². The van der Waals surface area contributed by atoms with Crippen LogP contribution in [0.4, 0.5) is 4.79 Å². The van der Waals surface area contributed by atoms with E-state index in [1.165, 1.54) is 4.90 Å². The highest BCUT2D eigenvalue weighted by Gasteiger charge is 2.39. The van der Waals surface area contributed by atoms with E-state index in [-0.39, 0.29) is 19.0 Å². The molecule has 2 rings (SSSR count). The number of benzene rings is 1. The normalized spacial score (nSPS) is 22.9. The van der Waals surface area contributed by atoms with Crippen LogP contribution in [-0.2, 0) is 4.79 Å². The number of likely N-dealkylation sites (tertiary alicyclic amines) is 1. The van der Waals surface area contributed by atoms with E-state index in [1.807, 2.05) is 38.1 Å². The van der Waals surface area contributed by atoms with Crippen LogP contribution >= 0.6 is 0 Å². The van der Waals surface area contributed by atoms with Crippen LogP contribution in [0.2, 0.25) is 0 Å². The van der Waals surface area contributed by atoms with Gasteiger partial charge in [-0.3, -0.25) is 0 Å². The number of rotatable bonds is 3. The second-order valence-electron chi connectivity index (χ2n) is 5.48. The molecule has 6 nitrogen and oxygen atoms in total. The molecule has 6 heteroatoms. The van der Waals surface area contributed by atoms with E-state index >= 15 is 0 Å². The zero-order valence-electron chi connectivity index (χ0n) is 12.1. The van der Waals surface area contributed by atoms with Crippen molar-refractivity contribution in [1.82, 2.24) is 10.2 Å². The van der Waals surface area contributed by atoms with Crippen LogP contribution in [0.15, 0.2) is 24.3 Å². The number of amides is 2. The first-order chi connectivity index (χ1) is 9.88. The Morgan fingerprint density at radius 2 is 1.95 bits per heavy atom. The van der Waals surface area contributed by atoms with Crippen molar-refractivity contribution in [3.8, 4) is 0 Å². The molecular formula is C15H20N2O4. The van der Waals surface area contributed by atoms with Gasteiger partial charge >= 0.3 is 12.0 Å². The van der Waals surface area contributed by atoms with Gasteiger partial charge in [0.25, 0.3) is 0 Å². The fourth-order valence-corrected chi connectivity index (χ4v) is 2.48. The van der Waals surface area contributed by atoms with E-state index in [4.69, 9.17) is 5.11 Å². The molecule has 1 aromatic carbocycles. The summed E-state index contributed by atoms with van der Waals surface area (Å²) in [6.07, 6.45) is -0.715. The van der Waals surface area contributed by atoms with Gasteiger partial charge in [-0.1, -0.05) is 29.8 Å². The summed E-state index contributed by atoms with van der Waals surface area (Å²) in [6, 6.07) is 6.10. The van der Waals surface area contributed by atoms with Crippen LogP contribution in [-0.4, -0.2) is 45.8 Å². The van der Waals surface area contributed by atoms with E-state index in [2.05, 4.69) is 5.32 Å². The molecular weight excluding hydrogens is 272 g/mol. The van der Waals surface area contributed by atoms with Crippen molar-refractivity contribution in [2.24, 2.45) is 0 Å². The number of hydrogen-bond acceptors (Lipinski definition) is 3. The van der Waals surface area contributed by atoms with Crippen LogP contribution in [0, 0.1) is 6.92 Å². The molecule has 1 fully saturated rings. The number of carbonyl (C=O) groups is 2. The lowest BCUT2D eigenvalue weighted by Gasteiger charge is -2.24. The first-order valence-corrected chi connectivity index (χ1v) is 6.93. The largest absolute Gasteiger partial charge is 0.480 e. The molecule has 3 atom stereocenters. The number of nitrogens with zero attached hydrogens (tertiary/aromatic N) is 1. The molecule has 1 aromatic rings. The van der Waals surface area contributed by atoms with Crippen molar-refractivity contribution >= 4 is 12.0 Å². The van der Waals surface area contributed by atoms with Gasteiger partial charge in [-0.05, 0) is 19.4 Å². The Morgan fingerprint density at radius 3 is 2.52 bits per heavy atom. The number of aliphatic hydroxyl groups excluding tert-OH is 1. The van der Waals surface area contributed by atoms with Crippen LogP contribution in [0.25, 0.3) is 0 Å². The predicted octanol–water partition coefficient (Wildman–Crippen LogP) is 1.29. The number of nitrogens with one attached hydrogen (secondary N) is 1. The molecule has 0 radical (unpaired) electrons. The standard InChI is InChI=1S/C15H20N2O4/c1-9-3-5-11(6-4-9)10(2)16-15(21)17-8-12(18)7-13(17)14(19)20/h3-6,10,12-13,18H,7-8H2,1-2H3,(H,16,21)(H,19,20). The van der Waals surface area contributed by atoms with Crippen molar-refractivity contribution in [3.05, 3.63) is 35.4 Å². The Bertz CT molecular complexity index is 529. The Kier molecular flexibility index (Phi) is 4.47. The molecule has 114 valence electrons. The average molecular weight is 292 g/mol. The molecule has 0 bridgehead atoms. The average Bonchev–Trinajstić information content (AvgIpc) is 2.82. The fraction of sp³-hybridized carbons (Fsp3) is 0.467. The summed E-state index contributed by atoms with van der Waals surface area (Å²) in [5, 5.41) is 21.4. The number of β-amino-alcohol motifs (C(OH)–C–C–N with tert-alkyl or cyclic N) is 1. The SMILES string of the molecule is Cc1ccc(C(C)NC(=O)N2CC(O)CC2C(=O)O)cc1. The predicted molar refractivity (Wildman–Crippen MR) is 76.9 cm³/mol. The number of hydrogen-bond donors (Lipinski definition) is 3. The van der Waals surface area contributed by atoms with E-state index in [1.54, 1.807) is 0 Å². The van der Waals surface area contributed by atoms with E-state index < -0.39 is 24.1 Å². The highest BCUT2D eigenvalue weighted by Crippen LogP contribution is 2.20. The second kappa shape index (κ2) is 6.13. The van der Waals surface area contributed by atoms with Gasteiger partial charge in [0.05, 0.1) is 12.1 Å². The van der Waals surface area contributed by atoms with E-state index in [0.29, 0.717) is 0 Å². The monoisotopic (exact) mass is 292 g/mol. The summed E-state index contributed by atoms with van der Waals surface area (Å²) >= 11 is 0. The molecule has 1 aliphatic heterocycles. The maximum atomic E-state index is 12.2. The summed E-state index contributed by atoms with van der Waals surface area (Å²) in [5.74, 6) is -1.09. The third-order valence-corrected chi connectivity index (χ3v) is 3.74. The molecule has 0 saturated carbocycles. The lowest BCUT2D eigenvalue weighted by Crippen LogP contribution is -2.46. The van der Waals surface area contributed by atoms with Gasteiger partial charge in [-0.25, -0.2) is 9.59 Å². The van der Waals surface area contributed by atoms with Crippen molar-refractivity contribution in [2.45, 2.75) is 38.5 Å². The lowest BCUT2D eigenvalue weighted by molar-refractivity contribution is -0.141. The molecule has 1 saturated heterocycles. The minimum absolute atomic E-state index is 0.0451. The maximum Gasteiger partial charge on any atom is 0.326 e. The van der Waals surface area contributed by atoms with E-state index in [0.717, 1.165) is 11.1 Å². The van der Waals surface area contributed by atoms with Crippen molar-refractivity contribution in [3.63, 3.8) is 0 Å². The third kappa shape index (κ3) is 3.52. The third-order valence-electron chi connectivity index (χ3n) is 3.74. The van der Waals surface area contributed by atoms with Gasteiger partial charge in [0.1, 0.15) is 6.04 Å². The topological polar surface area (TPSA) is 89.9 Å². The minimum atomic E-state index is -1.09. The van der Waals surface area contributed by atoms with Gasteiger partial charge in [0.2, 0.25) is 0 Å². The summed E-state index contributed by atoms with van der Waals surface area (Å²) < 4.78 is 0. The number of aliphatic carboxylic acids is 1. The van der Waals surface area contributed by atoms with Crippen molar-refractivity contribution < 1.29 is 19.8 Å². The Balaban J connectivity index is 2.03. The van der Waals surface area contributed by atoms with Crippen LogP contribution < -0.4 is 5.32 Å². The highest BCUT2D eigenvalue weighted by molar-refractivity contribution is 5.83. The molecule has 3 unspecified atom stereocenters. The highest BCUT2D eigenvalue weighted by atomic mass is 16.4. The summed E-state index contributed by atoms with van der Waals surface area (Å²) in [4.78, 5) is 24.5. The van der Waals surface area contributed by atoms with Crippen LogP contribution in [0.5, 0.6) is 0 Å². The molecule has 0 aromatic heterocycles. The van der Waals surface area contributed by atoms with Gasteiger partial charge in [0.15, 0.2) is 0 Å². The number of urea groups is 1. The fourth-order valence-electron chi connectivity index (χ4n) is 2.48. The molecule has 0 spiro atoms. The Labute approximate surface area is 123 Å². The minimum Gasteiger partial charge on any atom is -0.480 e. The lowest BCUT2D eigenvalue weighted by atomic mass is 10.1. The number of carboxylic acids is 1. The van der Waals surface area contributed by atoms with Crippen molar-refractivity contribution in [2.75, 3.05) is 6.54 Å². The zero-order valence-corrected chi connectivity index (χ0v) is 12.1. The number of aryl methyl sites for hydroxylation is 1. The molecule has 0 aliphatic carbocycles. The van der Waals surface area contributed by atoms with Crippen molar-refractivity contribution in [1.29, 1.82) is 0 Å². The Hall–Kier alpha value is -2.08. The van der Waals surface area contributed by atoms with E-state index in [9.17, 15) is 14.7 Å². The van der Waals surface area contributed by atoms with Gasteiger partial charge in [-0.2, -0.15) is 0 Å². The second-order valence-corrected chi connectivity index (χ2v) is 5.48. The summed E-state index contributed by atoms with van der Waals surface area (Å²) in [5.41, 5.74) is 2.08. The quantitative estimate of drug-likeness (QED) is 0.783. The maximum absolute atomic E-state index is 12.2. The smallest absolute Gasteiger partial charge is 0.326 e. The molecule has 2 amide bonds. The van der Waals surface area contributed by atoms with Gasteiger partial charge in [0, 0.05) is 13.0 Å².